The van der Waals surface area contributed by atoms with Crippen LogP contribution in [0.2, 0.25) is 0 Å². The third-order valence-electron chi connectivity index (χ3n) is 3.32. The first-order chi connectivity index (χ1) is 11.0. The second-order valence-corrected chi connectivity index (χ2v) is 5.22. The van der Waals surface area contributed by atoms with E-state index >= 15 is 0 Å². The molecular weight excluding hydrogens is 320 g/mol. The van der Waals surface area contributed by atoms with Gasteiger partial charge in [0.25, 0.3) is 5.56 Å². The predicted octanol–water partition coefficient (Wildman–Crippen LogP) is 0.943. The van der Waals surface area contributed by atoms with Crippen LogP contribution in [0.15, 0.2) is 29.1 Å². The van der Waals surface area contributed by atoms with E-state index in [9.17, 15) is 9.90 Å². The van der Waals surface area contributed by atoms with Gasteiger partial charge in [-0.25, -0.2) is 0 Å². The van der Waals surface area contributed by atoms with Gasteiger partial charge in [-0.2, -0.15) is 0 Å². The van der Waals surface area contributed by atoms with E-state index in [1.165, 1.54) is 13.2 Å². The van der Waals surface area contributed by atoms with Crippen molar-refractivity contribution in [1.82, 2.24) is 9.55 Å². The molecule has 1 atom stereocenters. The van der Waals surface area contributed by atoms with Gasteiger partial charge >= 0.3 is 0 Å². The fraction of sp³-hybridized carbons (Fsp3) is 0.333. The SMILES string of the molecule is COc1ccc(-c2cc(=O)[nH]c(=S)n2C[C@H](O)CO)c(OC)c1. The average molecular weight is 338 g/mol. The smallest absolute Gasteiger partial charge is 0.252 e. The van der Waals surface area contributed by atoms with E-state index in [1.807, 2.05) is 0 Å². The van der Waals surface area contributed by atoms with Crippen molar-refractivity contribution in [2.75, 3.05) is 20.8 Å². The fourth-order valence-electron chi connectivity index (χ4n) is 2.20. The molecule has 0 amide bonds. The lowest BCUT2D eigenvalue weighted by Crippen LogP contribution is -2.24. The van der Waals surface area contributed by atoms with Crippen molar-refractivity contribution < 1.29 is 19.7 Å². The van der Waals surface area contributed by atoms with Gasteiger partial charge in [0, 0.05) is 17.7 Å². The van der Waals surface area contributed by atoms with E-state index in [4.69, 9.17) is 26.8 Å². The van der Waals surface area contributed by atoms with Gasteiger partial charge in [-0.05, 0) is 24.4 Å². The Balaban J connectivity index is 2.67. The topological polar surface area (TPSA) is 96.7 Å². The second-order valence-electron chi connectivity index (χ2n) is 4.84. The number of hydrogen-bond donors (Lipinski definition) is 3. The molecule has 0 aliphatic carbocycles. The fourth-order valence-corrected chi connectivity index (χ4v) is 2.48. The average Bonchev–Trinajstić information content (AvgIpc) is 2.56. The predicted molar refractivity (Wildman–Crippen MR) is 87.5 cm³/mol. The number of nitrogens with one attached hydrogen (secondary N) is 1. The molecule has 0 unspecified atom stereocenters. The molecule has 7 nitrogen and oxygen atoms in total. The van der Waals surface area contributed by atoms with Gasteiger partial charge in [-0.15, -0.1) is 0 Å². The summed E-state index contributed by atoms with van der Waals surface area (Å²) in [4.78, 5) is 14.3. The Labute approximate surface area is 137 Å². The number of aliphatic hydroxyl groups excluding tert-OH is 2. The summed E-state index contributed by atoms with van der Waals surface area (Å²) in [7, 11) is 3.05. The Morgan fingerprint density at radius 3 is 2.65 bits per heavy atom. The number of aliphatic hydroxyl groups is 2. The van der Waals surface area contributed by atoms with E-state index in [2.05, 4.69) is 4.98 Å². The maximum atomic E-state index is 11.8. The standard InChI is InChI=1S/C15H18N2O5S/c1-21-10-3-4-11(13(5-10)22-2)12-6-14(20)16-15(23)17(12)7-9(19)8-18/h3-6,9,18-19H,7-8H2,1-2H3,(H,16,20,23)/t9-/m0/s1. The van der Waals surface area contributed by atoms with Gasteiger partial charge < -0.3 is 24.3 Å². The Morgan fingerprint density at radius 1 is 1.30 bits per heavy atom. The van der Waals surface area contributed by atoms with Crippen LogP contribution in [-0.4, -0.2) is 46.7 Å². The van der Waals surface area contributed by atoms with Crippen LogP contribution in [0.3, 0.4) is 0 Å². The Bertz CT molecular complexity index is 799. The summed E-state index contributed by atoms with van der Waals surface area (Å²) in [5, 5.41) is 18.8. The molecule has 0 aliphatic rings. The molecule has 0 saturated carbocycles. The monoisotopic (exact) mass is 338 g/mol. The van der Waals surface area contributed by atoms with Gasteiger partial charge in [0.05, 0.1) is 39.2 Å². The molecule has 0 spiro atoms. The summed E-state index contributed by atoms with van der Waals surface area (Å²) in [5.74, 6) is 1.10. The number of benzene rings is 1. The molecule has 8 heteroatoms. The van der Waals surface area contributed by atoms with Gasteiger partial charge in [-0.1, -0.05) is 0 Å². The Kier molecular flexibility index (Phi) is 5.54. The number of H-pyrrole nitrogens is 1. The molecule has 2 rings (SSSR count). The van der Waals surface area contributed by atoms with E-state index in [1.54, 1.807) is 29.9 Å². The number of methoxy groups -OCH3 is 2. The van der Waals surface area contributed by atoms with Crippen LogP contribution < -0.4 is 15.0 Å². The number of ether oxygens (including phenoxy) is 2. The van der Waals surface area contributed by atoms with E-state index in [0.29, 0.717) is 22.8 Å². The molecule has 2 aromatic rings. The zero-order valence-electron chi connectivity index (χ0n) is 12.8. The summed E-state index contributed by atoms with van der Waals surface area (Å²) in [6.07, 6.45) is -1.00. The van der Waals surface area contributed by atoms with Crippen molar-refractivity contribution in [3.05, 3.63) is 39.4 Å². The summed E-state index contributed by atoms with van der Waals surface area (Å²) >= 11 is 5.17. The largest absolute Gasteiger partial charge is 0.497 e. The molecule has 0 radical (unpaired) electrons. The maximum Gasteiger partial charge on any atom is 0.252 e. The van der Waals surface area contributed by atoms with Crippen LogP contribution in [0.25, 0.3) is 11.3 Å². The molecule has 1 aromatic heterocycles. The van der Waals surface area contributed by atoms with Gasteiger partial charge in [-0.3, -0.25) is 9.78 Å². The number of hydrogen-bond acceptors (Lipinski definition) is 6. The molecule has 23 heavy (non-hydrogen) atoms. The van der Waals surface area contributed by atoms with E-state index in [0.717, 1.165) is 0 Å². The Hall–Kier alpha value is -2.16. The highest BCUT2D eigenvalue weighted by molar-refractivity contribution is 7.71. The lowest BCUT2D eigenvalue weighted by molar-refractivity contribution is 0.0808. The molecule has 1 heterocycles. The lowest BCUT2D eigenvalue weighted by atomic mass is 10.1. The summed E-state index contributed by atoms with van der Waals surface area (Å²) in [6, 6.07) is 6.52. The van der Waals surface area contributed by atoms with E-state index in [-0.39, 0.29) is 16.9 Å². The lowest BCUT2D eigenvalue weighted by Gasteiger charge is -2.18. The van der Waals surface area contributed by atoms with Crippen molar-refractivity contribution in [1.29, 1.82) is 0 Å². The number of rotatable bonds is 6. The van der Waals surface area contributed by atoms with Crippen LogP contribution >= 0.6 is 12.2 Å². The van der Waals surface area contributed by atoms with Crippen molar-refractivity contribution in [3.63, 3.8) is 0 Å². The van der Waals surface area contributed by atoms with Crippen LogP contribution in [0.4, 0.5) is 0 Å². The molecule has 124 valence electrons. The Morgan fingerprint density at radius 2 is 2.04 bits per heavy atom. The summed E-state index contributed by atoms with van der Waals surface area (Å²) in [6.45, 7) is -0.378. The van der Waals surface area contributed by atoms with Crippen molar-refractivity contribution in [3.8, 4) is 22.8 Å². The molecular formula is C15H18N2O5S. The highest BCUT2D eigenvalue weighted by Gasteiger charge is 2.15. The normalized spacial score (nSPS) is 12.0. The van der Waals surface area contributed by atoms with Gasteiger partial charge in [0.1, 0.15) is 11.5 Å². The summed E-state index contributed by atoms with van der Waals surface area (Å²) in [5.41, 5.74) is 0.735. The van der Waals surface area contributed by atoms with Crippen LogP contribution in [0.5, 0.6) is 11.5 Å². The minimum atomic E-state index is -1.00. The number of aromatic nitrogens is 2. The minimum absolute atomic E-state index is 0.0383. The van der Waals surface area contributed by atoms with Crippen LogP contribution in [-0.2, 0) is 6.54 Å². The molecule has 3 N–H and O–H groups in total. The third-order valence-corrected chi connectivity index (χ3v) is 3.65. The van der Waals surface area contributed by atoms with Crippen molar-refractivity contribution in [2.45, 2.75) is 12.6 Å². The molecule has 0 saturated heterocycles. The molecule has 0 fully saturated rings. The van der Waals surface area contributed by atoms with Crippen molar-refractivity contribution in [2.24, 2.45) is 0 Å². The van der Waals surface area contributed by atoms with Crippen LogP contribution in [0.1, 0.15) is 0 Å². The number of aromatic amines is 1. The molecule has 1 aromatic carbocycles. The quantitative estimate of drug-likeness (QED) is 0.679. The zero-order valence-corrected chi connectivity index (χ0v) is 13.6. The third kappa shape index (κ3) is 3.79. The van der Waals surface area contributed by atoms with Crippen LogP contribution in [0, 0.1) is 4.77 Å². The maximum absolute atomic E-state index is 11.8. The first-order valence-electron chi connectivity index (χ1n) is 6.85. The first kappa shape index (κ1) is 17.2. The van der Waals surface area contributed by atoms with E-state index < -0.39 is 12.7 Å². The highest BCUT2D eigenvalue weighted by Crippen LogP contribution is 2.32. The minimum Gasteiger partial charge on any atom is -0.497 e. The molecule has 0 bridgehead atoms. The zero-order chi connectivity index (χ0) is 17.0. The number of nitrogens with zero attached hydrogens (tertiary/aromatic N) is 1. The first-order valence-corrected chi connectivity index (χ1v) is 7.26. The van der Waals surface area contributed by atoms with Gasteiger partial charge in [0.2, 0.25) is 0 Å². The molecule has 0 aliphatic heterocycles. The van der Waals surface area contributed by atoms with Crippen molar-refractivity contribution >= 4 is 12.2 Å². The summed E-state index contributed by atoms with van der Waals surface area (Å²) < 4.78 is 12.2. The van der Waals surface area contributed by atoms with Gasteiger partial charge in [0.15, 0.2) is 4.77 Å². The highest BCUT2D eigenvalue weighted by atomic mass is 32.1. The second kappa shape index (κ2) is 7.40.